The molecular formula is C13H8Cl4N2. The van der Waals surface area contributed by atoms with Crippen LogP contribution >= 0.6 is 46.4 Å². The molecule has 0 aliphatic rings. The number of benzene rings is 2. The Bertz CT molecular complexity index is 626. The number of nitrogens with zero attached hydrogens (tertiary/aromatic N) is 1. The van der Waals surface area contributed by atoms with Crippen molar-refractivity contribution in [2.75, 3.05) is 5.43 Å². The summed E-state index contributed by atoms with van der Waals surface area (Å²) >= 11 is 23.6. The highest BCUT2D eigenvalue weighted by atomic mass is 35.5. The highest BCUT2D eigenvalue weighted by Gasteiger charge is 2.01. The van der Waals surface area contributed by atoms with Crippen molar-refractivity contribution >= 4 is 58.3 Å². The SMILES string of the molecule is Clc1ccc(NN=Cc2cccc(Cl)c2Cl)cc1Cl. The fourth-order valence-corrected chi connectivity index (χ4v) is 2.02. The first-order valence-corrected chi connectivity index (χ1v) is 6.77. The summed E-state index contributed by atoms with van der Waals surface area (Å²) in [5, 5.41) is 5.97. The fourth-order valence-electron chi connectivity index (χ4n) is 1.36. The minimum absolute atomic E-state index is 0.461. The van der Waals surface area contributed by atoms with Crippen LogP contribution in [0.4, 0.5) is 5.69 Å². The van der Waals surface area contributed by atoms with Gasteiger partial charge in [-0.05, 0) is 24.3 Å². The lowest BCUT2D eigenvalue weighted by molar-refractivity contribution is 1.35. The zero-order valence-electron chi connectivity index (χ0n) is 9.50. The lowest BCUT2D eigenvalue weighted by atomic mass is 10.2. The summed E-state index contributed by atoms with van der Waals surface area (Å²) < 4.78 is 0. The van der Waals surface area contributed by atoms with Gasteiger partial charge in [0.25, 0.3) is 0 Å². The van der Waals surface area contributed by atoms with E-state index in [0.717, 1.165) is 11.3 Å². The van der Waals surface area contributed by atoms with Crippen molar-refractivity contribution < 1.29 is 0 Å². The van der Waals surface area contributed by atoms with Crippen LogP contribution in [0.3, 0.4) is 0 Å². The average Bonchev–Trinajstić information content (AvgIpc) is 2.39. The first-order valence-electron chi connectivity index (χ1n) is 5.26. The van der Waals surface area contributed by atoms with Crippen LogP contribution in [0.1, 0.15) is 5.56 Å². The topological polar surface area (TPSA) is 24.4 Å². The van der Waals surface area contributed by atoms with E-state index in [1.54, 1.807) is 36.5 Å². The molecule has 2 nitrogen and oxygen atoms in total. The molecule has 2 rings (SSSR count). The van der Waals surface area contributed by atoms with Gasteiger partial charge < -0.3 is 0 Å². The highest BCUT2D eigenvalue weighted by molar-refractivity contribution is 6.43. The molecule has 0 unspecified atom stereocenters. The maximum atomic E-state index is 6.03. The molecular weight excluding hydrogens is 326 g/mol. The molecule has 0 bridgehead atoms. The second kappa shape index (κ2) is 6.49. The van der Waals surface area contributed by atoms with Crippen molar-refractivity contribution in [2.45, 2.75) is 0 Å². The summed E-state index contributed by atoms with van der Waals surface area (Å²) in [4.78, 5) is 0. The van der Waals surface area contributed by atoms with Crippen LogP contribution < -0.4 is 5.43 Å². The first-order chi connectivity index (χ1) is 9.08. The molecule has 0 heterocycles. The standard InChI is InChI=1S/C13H8Cl4N2/c14-10-5-4-9(6-12(10)16)19-18-7-8-2-1-3-11(15)13(8)17/h1-7,19H. The zero-order chi connectivity index (χ0) is 13.8. The number of halogens is 4. The number of rotatable bonds is 3. The van der Waals surface area contributed by atoms with Crippen molar-refractivity contribution in [3.63, 3.8) is 0 Å². The van der Waals surface area contributed by atoms with E-state index in [2.05, 4.69) is 10.5 Å². The van der Waals surface area contributed by atoms with E-state index in [0.29, 0.717) is 20.1 Å². The molecule has 0 aliphatic heterocycles. The molecule has 0 radical (unpaired) electrons. The van der Waals surface area contributed by atoms with Gasteiger partial charge in [0.05, 0.1) is 32.0 Å². The van der Waals surface area contributed by atoms with Crippen molar-refractivity contribution in [1.29, 1.82) is 0 Å². The van der Waals surface area contributed by atoms with Crippen molar-refractivity contribution in [3.8, 4) is 0 Å². The van der Waals surface area contributed by atoms with Crippen LogP contribution in [0.5, 0.6) is 0 Å². The minimum atomic E-state index is 0.461. The van der Waals surface area contributed by atoms with Crippen LogP contribution in [0.15, 0.2) is 41.5 Å². The van der Waals surface area contributed by atoms with Gasteiger partial charge >= 0.3 is 0 Å². The molecule has 0 aromatic heterocycles. The fraction of sp³-hybridized carbons (Fsp3) is 0. The summed E-state index contributed by atoms with van der Waals surface area (Å²) in [5.74, 6) is 0. The van der Waals surface area contributed by atoms with Crippen LogP contribution in [0.2, 0.25) is 20.1 Å². The number of hydrogen-bond donors (Lipinski definition) is 1. The summed E-state index contributed by atoms with van der Waals surface area (Å²) in [6.45, 7) is 0. The summed E-state index contributed by atoms with van der Waals surface area (Å²) in [7, 11) is 0. The zero-order valence-corrected chi connectivity index (χ0v) is 12.5. The third-order valence-electron chi connectivity index (χ3n) is 2.30. The molecule has 0 amide bonds. The van der Waals surface area contributed by atoms with E-state index < -0.39 is 0 Å². The summed E-state index contributed by atoms with van der Waals surface area (Å²) in [6, 6.07) is 10.5. The van der Waals surface area contributed by atoms with Gasteiger partial charge in [0.15, 0.2) is 0 Å². The molecule has 0 saturated carbocycles. The van der Waals surface area contributed by atoms with Crippen LogP contribution in [0, 0.1) is 0 Å². The smallest absolute Gasteiger partial charge is 0.0680 e. The predicted molar refractivity (Wildman–Crippen MR) is 84.1 cm³/mol. The highest BCUT2D eigenvalue weighted by Crippen LogP contribution is 2.26. The monoisotopic (exact) mass is 332 g/mol. The Morgan fingerprint density at radius 3 is 2.42 bits per heavy atom. The molecule has 1 N–H and O–H groups in total. The molecule has 0 saturated heterocycles. The van der Waals surface area contributed by atoms with Crippen LogP contribution in [-0.4, -0.2) is 6.21 Å². The molecule has 0 aliphatic carbocycles. The predicted octanol–water partition coefficient (Wildman–Crippen LogP) is 5.75. The Labute approximate surface area is 130 Å². The molecule has 6 heteroatoms. The third-order valence-corrected chi connectivity index (χ3v) is 3.87. The van der Waals surface area contributed by atoms with Gasteiger partial charge in [0.2, 0.25) is 0 Å². The molecule has 2 aromatic carbocycles. The molecule has 0 fully saturated rings. The average molecular weight is 334 g/mol. The van der Waals surface area contributed by atoms with Gasteiger partial charge in [-0.1, -0.05) is 58.5 Å². The van der Waals surface area contributed by atoms with E-state index in [-0.39, 0.29) is 0 Å². The van der Waals surface area contributed by atoms with E-state index in [1.165, 1.54) is 0 Å². The van der Waals surface area contributed by atoms with Crippen LogP contribution in [0.25, 0.3) is 0 Å². The Morgan fingerprint density at radius 1 is 0.895 bits per heavy atom. The molecule has 19 heavy (non-hydrogen) atoms. The lowest BCUT2D eigenvalue weighted by Crippen LogP contribution is -1.91. The van der Waals surface area contributed by atoms with E-state index in [1.807, 2.05) is 6.07 Å². The maximum Gasteiger partial charge on any atom is 0.0680 e. The maximum absolute atomic E-state index is 6.03. The Kier molecular flexibility index (Phi) is 4.94. The van der Waals surface area contributed by atoms with Gasteiger partial charge in [0, 0.05) is 5.56 Å². The normalized spacial score (nSPS) is 10.9. The van der Waals surface area contributed by atoms with E-state index >= 15 is 0 Å². The van der Waals surface area contributed by atoms with Crippen molar-refractivity contribution in [2.24, 2.45) is 5.10 Å². The van der Waals surface area contributed by atoms with Gasteiger partial charge in [-0.3, -0.25) is 5.43 Å². The summed E-state index contributed by atoms with van der Waals surface area (Å²) in [6.07, 6.45) is 1.58. The van der Waals surface area contributed by atoms with Gasteiger partial charge in [0.1, 0.15) is 0 Å². The molecule has 0 atom stereocenters. The second-order valence-corrected chi connectivity index (χ2v) is 5.24. The van der Waals surface area contributed by atoms with Gasteiger partial charge in [-0.2, -0.15) is 5.10 Å². The number of anilines is 1. The van der Waals surface area contributed by atoms with E-state index in [9.17, 15) is 0 Å². The third kappa shape index (κ3) is 3.77. The van der Waals surface area contributed by atoms with Crippen molar-refractivity contribution in [3.05, 3.63) is 62.1 Å². The molecule has 2 aromatic rings. The first kappa shape index (κ1) is 14.5. The van der Waals surface area contributed by atoms with E-state index in [4.69, 9.17) is 46.4 Å². The van der Waals surface area contributed by atoms with Gasteiger partial charge in [-0.25, -0.2) is 0 Å². The Hall–Kier alpha value is -0.930. The largest absolute Gasteiger partial charge is 0.278 e. The molecule has 98 valence electrons. The minimum Gasteiger partial charge on any atom is -0.278 e. The Balaban J connectivity index is 2.11. The van der Waals surface area contributed by atoms with Crippen LogP contribution in [-0.2, 0) is 0 Å². The lowest BCUT2D eigenvalue weighted by Gasteiger charge is -2.03. The number of hydrazone groups is 1. The summed E-state index contributed by atoms with van der Waals surface area (Å²) in [5.41, 5.74) is 4.28. The van der Waals surface area contributed by atoms with Gasteiger partial charge in [-0.15, -0.1) is 0 Å². The quantitative estimate of drug-likeness (QED) is 0.561. The number of nitrogens with one attached hydrogen (secondary N) is 1. The second-order valence-electron chi connectivity index (χ2n) is 3.64. The van der Waals surface area contributed by atoms with Crippen molar-refractivity contribution in [1.82, 2.24) is 0 Å². The molecule has 0 spiro atoms. The number of hydrogen-bond acceptors (Lipinski definition) is 2. The Morgan fingerprint density at radius 2 is 1.68 bits per heavy atom.